The van der Waals surface area contributed by atoms with Crippen LogP contribution >= 0.6 is 0 Å². The number of alkyl halides is 3. The second-order valence-corrected chi connectivity index (χ2v) is 8.17. The van der Waals surface area contributed by atoms with Crippen molar-refractivity contribution in [3.63, 3.8) is 0 Å². The van der Waals surface area contributed by atoms with E-state index in [-0.39, 0.29) is 42.2 Å². The SMILES string of the molecule is CCN(CC)S(=O)(=O)N1CCCC1c1cc(C(F)(F)F)c2c(N)[nH]nc2n1. The van der Waals surface area contributed by atoms with Crippen molar-refractivity contribution in [3.05, 3.63) is 17.3 Å². The van der Waals surface area contributed by atoms with Gasteiger partial charge in [0.15, 0.2) is 5.65 Å². The predicted molar refractivity (Wildman–Crippen MR) is 93.8 cm³/mol. The number of nitrogens with zero attached hydrogens (tertiary/aromatic N) is 4. The van der Waals surface area contributed by atoms with E-state index in [1.165, 1.54) is 8.61 Å². The van der Waals surface area contributed by atoms with Crippen molar-refractivity contribution < 1.29 is 21.6 Å². The van der Waals surface area contributed by atoms with Crippen molar-refractivity contribution in [1.29, 1.82) is 0 Å². The molecule has 8 nitrogen and oxygen atoms in total. The van der Waals surface area contributed by atoms with Gasteiger partial charge in [0.1, 0.15) is 5.82 Å². The van der Waals surface area contributed by atoms with Gasteiger partial charge in [-0.15, -0.1) is 0 Å². The molecule has 3 rings (SSSR count). The lowest BCUT2D eigenvalue weighted by Gasteiger charge is -2.29. The van der Waals surface area contributed by atoms with Gasteiger partial charge in [0.05, 0.1) is 22.7 Å². The number of nitrogens with one attached hydrogen (secondary N) is 1. The molecule has 27 heavy (non-hydrogen) atoms. The molecule has 0 radical (unpaired) electrons. The number of aromatic amines is 1. The van der Waals surface area contributed by atoms with E-state index in [1.54, 1.807) is 13.8 Å². The van der Waals surface area contributed by atoms with E-state index in [0.29, 0.717) is 12.8 Å². The Kier molecular flexibility index (Phi) is 5.08. The molecule has 1 aliphatic rings. The van der Waals surface area contributed by atoms with Crippen LogP contribution in [0.3, 0.4) is 0 Å². The fourth-order valence-corrected chi connectivity index (χ4v) is 5.31. The fraction of sp³-hybridized carbons (Fsp3) is 0.600. The van der Waals surface area contributed by atoms with Crippen molar-refractivity contribution in [2.45, 2.75) is 38.9 Å². The number of anilines is 1. The number of hydrogen-bond donors (Lipinski definition) is 2. The number of nitrogen functional groups attached to an aromatic ring is 1. The summed E-state index contributed by atoms with van der Waals surface area (Å²) < 4.78 is 68.9. The molecule has 0 aliphatic carbocycles. The molecule has 0 bridgehead atoms. The van der Waals surface area contributed by atoms with Crippen LogP contribution < -0.4 is 5.73 Å². The molecular formula is C15H21F3N6O2S. The smallest absolute Gasteiger partial charge is 0.383 e. The van der Waals surface area contributed by atoms with Gasteiger partial charge in [-0.3, -0.25) is 5.10 Å². The first-order valence-electron chi connectivity index (χ1n) is 8.59. The van der Waals surface area contributed by atoms with Gasteiger partial charge in [0.25, 0.3) is 10.2 Å². The molecule has 12 heteroatoms. The van der Waals surface area contributed by atoms with Gasteiger partial charge < -0.3 is 5.73 Å². The third-order valence-electron chi connectivity index (χ3n) is 4.75. The van der Waals surface area contributed by atoms with Crippen molar-refractivity contribution in [2.24, 2.45) is 0 Å². The number of hydrogen-bond acceptors (Lipinski definition) is 5. The van der Waals surface area contributed by atoms with E-state index >= 15 is 0 Å². The molecule has 1 fully saturated rings. The molecule has 1 atom stereocenters. The number of fused-ring (bicyclic) bond motifs is 1. The van der Waals surface area contributed by atoms with E-state index in [1.807, 2.05) is 0 Å². The third kappa shape index (κ3) is 3.36. The Morgan fingerprint density at radius 3 is 2.63 bits per heavy atom. The van der Waals surface area contributed by atoms with E-state index < -0.39 is 28.0 Å². The van der Waals surface area contributed by atoms with Crippen molar-refractivity contribution >= 4 is 27.1 Å². The highest BCUT2D eigenvalue weighted by atomic mass is 32.2. The highest BCUT2D eigenvalue weighted by Crippen LogP contribution is 2.40. The molecule has 0 aromatic carbocycles. The Labute approximate surface area is 154 Å². The van der Waals surface area contributed by atoms with Gasteiger partial charge in [-0.05, 0) is 18.9 Å². The molecule has 0 spiro atoms. The maximum absolute atomic E-state index is 13.5. The molecule has 0 amide bonds. The summed E-state index contributed by atoms with van der Waals surface area (Å²) in [5, 5.41) is 5.75. The lowest BCUT2D eigenvalue weighted by atomic mass is 10.1. The van der Waals surface area contributed by atoms with Gasteiger partial charge in [-0.25, -0.2) is 4.98 Å². The first kappa shape index (κ1) is 19.8. The molecule has 3 N–H and O–H groups in total. The van der Waals surface area contributed by atoms with Crippen LogP contribution in [-0.4, -0.2) is 51.8 Å². The molecule has 1 unspecified atom stereocenters. The number of pyridine rings is 1. The largest absolute Gasteiger partial charge is 0.417 e. The predicted octanol–water partition coefficient (Wildman–Crippen LogP) is 2.28. The van der Waals surface area contributed by atoms with E-state index in [4.69, 9.17) is 5.73 Å². The first-order chi connectivity index (χ1) is 12.6. The van der Waals surface area contributed by atoms with E-state index in [9.17, 15) is 21.6 Å². The Morgan fingerprint density at radius 2 is 2.04 bits per heavy atom. The summed E-state index contributed by atoms with van der Waals surface area (Å²) in [4.78, 5) is 4.18. The Hall–Kier alpha value is -1.92. The summed E-state index contributed by atoms with van der Waals surface area (Å²) >= 11 is 0. The minimum absolute atomic E-state index is 0.0227. The Morgan fingerprint density at radius 1 is 1.37 bits per heavy atom. The summed E-state index contributed by atoms with van der Waals surface area (Å²) in [6.07, 6.45) is -3.75. The topological polar surface area (TPSA) is 108 Å². The van der Waals surface area contributed by atoms with Crippen molar-refractivity contribution in [2.75, 3.05) is 25.4 Å². The van der Waals surface area contributed by atoms with Gasteiger partial charge in [-0.1, -0.05) is 13.8 Å². The normalized spacial score (nSPS) is 19.4. The Balaban J connectivity index is 2.12. The zero-order chi connectivity index (χ0) is 20.0. The second-order valence-electron chi connectivity index (χ2n) is 6.29. The van der Waals surface area contributed by atoms with Gasteiger partial charge in [-0.2, -0.15) is 35.3 Å². The van der Waals surface area contributed by atoms with E-state index in [2.05, 4.69) is 15.2 Å². The van der Waals surface area contributed by atoms with Gasteiger partial charge >= 0.3 is 6.18 Å². The van der Waals surface area contributed by atoms with Crippen molar-refractivity contribution in [1.82, 2.24) is 23.8 Å². The van der Waals surface area contributed by atoms with Crippen LogP contribution in [0.4, 0.5) is 19.0 Å². The monoisotopic (exact) mass is 406 g/mol. The number of aromatic nitrogens is 3. The second kappa shape index (κ2) is 6.91. The van der Waals surface area contributed by atoms with E-state index in [0.717, 1.165) is 6.07 Å². The minimum Gasteiger partial charge on any atom is -0.383 e. The average molecular weight is 406 g/mol. The highest BCUT2D eigenvalue weighted by molar-refractivity contribution is 7.86. The lowest BCUT2D eigenvalue weighted by Crippen LogP contribution is -2.43. The van der Waals surface area contributed by atoms with Crippen LogP contribution in [-0.2, 0) is 16.4 Å². The molecule has 2 aromatic rings. The summed E-state index contributed by atoms with van der Waals surface area (Å²) in [6, 6.07) is 0.105. The van der Waals surface area contributed by atoms with Crippen LogP contribution in [0.5, 0.6) is 0 Å². The number of H-pyrrole nitrogens is 1. The molecular weight excluding hydrogens is 385 g/mol. The zero-order valence-corrected chi connectivity index (χ0v) is 15.7. The third-order valence-corrected chi connectivity index (χ3v) is 6.95. The first-order valence-corrected chi connectivity index (χ1v) is 9.99. The molecule has 0 saturated carbocycles. The minimum atomic E-state index is -4.67. The van der Waals surface area contributed by atoms with Crippen LogP contribution in [0.1, 0.15) is 44.0 Å². The number of rotatable bonds is 5. The summed E-state index contributed by atoms with van der Waals surface area (Å²) in [7, 11) is -3.80. The summed E-state index contributed by atoms with van der Waals surface area (Å²) in [6.45, 7) is 4.21. The summed E-state index contributed by atoms with van der Waals surface area (Å²) in [5.41, 5.74) is 4.45. The molecule has 3 heterocycles. The lowest BCUT2D eigenvalue weighted by molar-refractivity contribution is -0.136. The van der Waals surface area contributed by atoms with Gasteiger partial charge in [0, 0.05) is 19.6 Å². The fourth-order valence-electron chi connectivity index (χ4n) is 3.47. The molecule has 1 saturated heterocycles. The number of nitrogens with two attached hydrogens (primary N) is 1. The van der Waals surface area contributed by atoms with Crippen LogP contribution in [0.2, 0.25) is 0 Å². The summed E-state index contributed by atoms with van der Waals surface area (Å²) in [5.74, 6) is -0.226. The van der Waals surface area contributed by atoms with Gasteiger partial charge in [0.2, 0.25) is 0 Å². The van der Waals surface area contributed by atoms with Crippen LogP contribution in [0, 0.1) is 0 Å². The highest BCUT2D eigenvalue weighted by Gasteiger charge is 2.41. The van der Waals surface area contributed by atoms with Crippen LogP contribution in [0.25, 0.3) is 11.0 Å². The maximum atomic E-state index is 13.5. The Bertz CT molecular complexity index is 939. The zero-order valence-electron chi connectivity index (χ0n) is 14.9. The maximum Gasteiger partial charge on any atom is 0.417 e. The van der Waals surface area contributed by atoms with Crippen LogP contribution in [0.15, 0.2) is 6.07 Å². The molecule has 2 aromatic heterocycles. The quantitative estimate of drug-likeness (QED) is 0.792. The van der Waals surface area contributed by atoms with Crippen molar-refractivity contribution in [3.8, 4) is 0 Å². The number of halogens is 3. The standard InChI is InChI=1S/C15H21F3N6O2S/c1-3-23(4-2)27(25,26)24-7-5-6-11(24)10-8-9(15(16,17)18)12-13(19)21-22-14(12)20-10/h8,11H,3-7H2,1-2H3,(H3,19,20,21,22). The molecule has 1 aliphatic heterocycles. The molecule has 150 valence electrons. The average Bonchev–Trinajstić information content (AvgIpc) is 3.22.